The van der Waals surface area contributed by atoms with Crippen LogP contribution >= 0.6 is 0 Å². The molecule has 0 saturated carbocycles. The maximum atomic E-state index is 12.5. The lowest BCUT2D eigenvalue weighted by atomic mass is 10.0. The predicted molar refractivity (Wildman–Crippen MR) is 264 cm³/mol. The van der Waals surface area contributed by atoms with Crippen LogP contribution in [-0.2, 0) is 14.3 Å². The van der Waals surface area contributed by atoms with Gasteiger partial charge in [0.1, 0.15) is 0 Å². The standard InChI is InChI=1S/C55H103NO5/c1-3-5-7-9-11-13-15-17-19-20-21-23-27-31-35-39-43-47-53(58)52(51-57)56-54(59)48-44-40-36-32-28-24-22-26-30-34-38-42-46-50-61-55(60)49-45-41-37-33-29-25-18-16-14-12-10-8-6-4-2/h10,12,16,18,24,28,52-53,57-58H,3-9,11,13-15,17,19-23,25-27,29-51H2,1-2H3,(H,56,59)/b12-10-,18-16-,28-24-. The summed E-state index contributed by atoms with van der Waals surface area (Å²) in [7, 11) is 0. The van der Waals surface area contributed by atoms with E-state index in [2.05, 4.69) is 55.6 Å². The van der Waals surface area contributed by atoms with Crippen LogP contribution in [0.4, 0.5) is 0 Å². The summed E-state index contributed by atoms with van der Waals surface area (Å²) in [5, 5.41) is 23.2. The lowest BCUT2D eigenvalue weighted by molar-refractivity contribution is -0.143. The van der Waals surface area contributed by atoms with Crippen molar-refractivity contribution in [2.45, 2.75) is 289 Å². The van der Waals surface area contributed by atoms with Gasteiger partial charge in [0.25, 0.3) is 0 Å². The number of carbonyl (C=O) groups excluding carboxylic acids is 2. The van der Waals surface area contributed by atoms with Crippen molar-refractivity contribution >= 4 is 11.9 Å². The van der Waals surface area contributed by atoms with Crippen LogP contribution in [0, 0.1) is 0 Å². The van der Waals surface area contributed by atoms with Crippen LogP contribution in [-0.4, -0.2) is 47.4 Å². The first-order valence-corrected chi connectivity index (χ1v) is 26.7. The second-order valence-corrected chi connectivity index (χ2v) is 18.2. The van der Waals surface area contributed by atoms with Crippen molar-refractivity contribution in [3.63, 3.8) is 0 Å². The van der Waals surface area contributed by atoms with Crippen molar-refractivity contribution in [1.29, 1.82) is 0 Å². The van der Waals surface area contributed by atoms with Gasteiger partial charge in [-0.2, -0.15) is 0 Å². The van der Waals surface area contributed by atoms with Crippen LogP contribution in [0.2, 0.25) is 0 Å². The van der Waals surface area contributed by atoms with E-state index in [9.17, 15) is 19.8 Å². The fourth-order valence-corrected chi connectivity index (χ4v) is 8.00. The van der Waals surface area contributed by atoms with Gasteiger partial charge in [0, 0.05) is 12.8 Å². The molecular weight excluding hydrogens is 755 g/mol. The summed E-state index contributed by atoms with van der Waals surface area (Å²) in [5.41, 5.74) is 0. The van der Waals surface area contributed by atoms with E-state index in [0.29, 0.717) is 25.9 Å². The summed E-state index contributed by atoms with van der Waals surface area (Å²) >= 11 is 0. The summed E-state index contributed by atoms with van der Waals surface area (Å²) in [4.78, 5) is 24.5. The molecule has 0 heterocycles. The van der Waals surface area contributed by atoms with Gasteiger partial charge in [0.05, 0.1) is 25.4 Å². The van der Waals surface area contributed by atoms with E-state index >= 15 is 0 Å². The van der Waals surface area contributed by atoms with Gasteiger partial charge in [0.15, 0.2) is 0 Å². The van der Waals surface area contributed by atoms with E-state index in [-0.39, 0.29) is 18.5 Å². The van der Waals surface area contributed by atoms with Gasteiger partial charge in [-0.3, -0.25) is 9.59 Å². The molecule has 1 amide bonds. The van der Waals surface area contributed by atoms with Crippen LogP contribution < -0.4 is 5.32 Å². The molecule has 2 atom stereocenters. The number of aliphatic hydroxyl groups is 2. The molecule has 0 rings (SSSR count). The van der Waals surface area contributed by atoms with Gasteiger partial charge in [-0.25, -0.2) is 0 Å². The van der Waals surface area contributed by atoms with E-state index in [0.717, 1.165) is 83.5 Å². The average molecular weight is 858 g/mol. The predicted octanol–water partition coefficient (Wildman–Crippen LogP) is 16.1. The second-order valence-electron chi connectivity index (χ2n) is 18.2. The molecule has 0 fully saturated rings. The highest BCUT2D eigenvalue weighted by atomic mass is 16.5. The molecule has 0 aliphatic rings. The molecule has 0 aromatic carbocycles. The van der Waals surface area contributed by atoms with Gasteiger partial charge < -0.3 is 20.3 Å². The number of aliphatic hydroxyl groups excluding tert-OH is 2. The number of esters is 1. The van der Waals surface area contributed by atoms with Crippen molar-refractivity contribution in [2.24, 2.45) is 0 Å². The Kier molecular flexibility index (Phi) is 49.1. The molecule has 2 unspecified atom stereocenters. The molecule has 6 heteroatoms. The summed E-state index contributed by atoms with van der Waals surface area (Å²) < 4.78 is 5.44. The summed E-state index contributed by atoms with van der Waals surface area (Å²) in [5.74, 6) is -0.0925. The number of ether oxygens (including phenoxy) is 1. The van der Waals surface area contributed by atoms with Gasteiger partial charge in [-0.1, -0.05) is 224 Å². The van der Waals surface area contributed by atoms with Crippen molar-refractivity contribution < 1.29 is 24.5 Å². The maximum Gasteiger partial charge on any atom is 0.305 e. The minimum absolute atomic E-state index is 0.0274. The number of rotatable bonds is 49. The van der Waals surface area contributed by atoms with E-state index in [4.69, 9.17) is 4.74 Å². The highest BCUT2D eigenvalue weighted by molar-refractivity contribution is 5.76. The molecule has 6 nitrogen and oxygen atoms in total. The maximum absolute atomic E-state index is 12.5. The van der Waals surface area contributed by atoms with Crippen LogP contribution in [0.3, 0.4) is 0 Å². The first kappa shape index (κ1) is 59.1. The Labute approximate surface area is 379 Å². The molecular formula is C55H103NO5. The van der Waals surface area contributed by atoms with Crippen molar-refractivity contribution in [2.75, 3.05) is 13.2 Å². The smallest absolute Gasteiger partial charge is 0.305 e. The number of unbranched alkanes of at least 4 members (excludes halogenated alkanes) is 32. The summed E-state index contributed by atoms with van der Waals surface area (Å²) in [6.45, 7) is 4.86. The molecule has 3 N–H and O–H groups in total. The molecule has 0 bridgehead atoms. The first-order valence-electron chi connectivity index (χ1n) is 26.7. The third-order valence-electron chi connectivity index (χ3n) is 12.2. The number of carbonyl (C=O) groups is 2. The lowest BCUT2D eigenvalue weighted by Gasteiger charge is -2.22. The molecule has 0 spiro atoms. The van der Waals surface area contributed by atoms with Crippen LogP contribution in [0.25, 0.3) is 0 Å². The molecule has 0 aliphatic heterocycles. The number of hydrogen-bond donors (Lipinski definition) is 3. The number of allylic oxidation sites excluding steroid dienone is 6. The Bertz CT molecular complexity index is 993. The van der Waals surface area contributed by atoms with Crippen LogP contribution in [0.15, 0.2) is 36.5 Å². The molecule has 61 heavy (non-hydrogen) atoms. The first-order chi connectivity index (χ1) is 30.0. The van der Waals surface area contributed by atoms with E-state index < -0.39 is 12.1 Å². The molecule has 0 aromatic rings. The minimum Gasteiger partial charge on any atom is -0.466 e. The molecule has 0 aliphatic carbocycles. The third kappa shape index (κ3) is 47.4. The lowest BCUT2D eigenvalue weighted by Crippen LogP contribution is -2.45. The van der Waals surface area contributed by atoms with Gasteiger partial charge >= 0.3 is 5.97 Å². The molecule has 0 aromatic heterocycles. The van der Waals surface area contributed by atoms with E-state index in [1.54, 1.807) is 0 Å². The molecule has 358 valence electrons. The molecule has 0 saturated heterocycles. The Morgan fingerprint density at radius 3 is 1.33 bits per heavy atom. The number of nitrogens with one attached hydrogen (secondary N) is 1. The van der Waals surface area contributed by atoms with Crippen LogP contribution in [0.1, 0.15) is 277 Å². The zero-order valence-corrected chi connectivity index (χ0v) is 40.6. The van der Waals surface area contributed by atoms with Gasteiger partial charge in [0.2, 0.25) is 5.91 Å². The summed E-state index contributed by atoms with van der Waals surface area (Å²) in [6, 6.07) is -0.563. The average Bonchev–Trinajstić information content (AvgIpc) is 3.26. The second kappa shape index (κ2) is 50.7. The highest BCUT2D eigenvalue weighted by Gasteiger charge is 2.20. The largest absolute Gasteiger partial charge is 0.466 e. The van der Waals surface area contributed by atoms with Gasteiger partial charge in [-0.15, -0.1) is 0 Å². The highest BCUT2D eigenvalue weighted by Crippen LogP contribution is 2.16. The fourth-order valence-electron chi connectivity index (χ4n) is 8.00. The Balaban J connectivity index is 3.51. The van der Waals surface area contributed by atoms with E-state index in [1.807, 2.05) is 0 Å². The molecule has 0 radical (unpaired) electrons. The fraction of sp³-hybridized carbons (Fsp3) is 0.855. The quantitative estimate of drug-likeness (QED) is 0.0322. The Morgan fingerprint density at radius 1 is 0.459 bits per heavy atom. The monoisotopic (exact) mass is 858 g/mol. The topological polar surface area (TPSA) is 95.9 Å². The third-order valence-corrected chi connectivity index (χ3v) is 12.2. The normalized spacial score (nSPS) is 12.9. The van der Waals surface area contributed by atoms with Crippen molar-refractivity contribution in [1.82, 2.24) is 5.32 Å². The zero-order chi connectivity index (χ0) is 44.4. The zero-order valence-electron chi connectivity index (χ0n) is 40.6. The number of hydrogen-bond acceptors (Lipinski definition) is 5. The number of amides is 1. The van der Waals surface area contributed by atoms with Crippen LogP contribution in [0.5, 0.6) is 0 Å². The van der Waals surface area contributed by atoms with E-state index in [1.165, 1.54) is 161 Å². The SMILES string of the molecule is CCCC/C=C\C/C=C\CCCCCCCC(=O)OCCCCCCCC/C=C\CCCCCC(=O)NC(CO)C(O)CCCCCCCCCCCCCCCCCCC. The van der Waals surface area contributed by atoms with Gasteiger partial charge in [-0.05, 0) is 77.0 Å². The minimum atomic E-state index is -0.682. The Morgan fingerprint density at radius 2 is 0.836 bits per heavy atom. The summed E-state index contributed by atoms with van der Waals surface area (Å²) in [6.07, 6.45) is 61.1. The van der Waals surface area contributed by atoms with Crippen molar-refractivity contribution in [3.8, 4) is 0 Å². The Hall–Kier alpha value is -1.92. The van der Waals surface area contributed by atoms with Crippen molar-refractivity contribution in [3.05, 3.63) is 36.5 Å².